The van der Waals surface area contributed by atoms with Gasteiger partial charge in [-0.25, -0.2) is 0 Å². The summed E-state index contributed by atoms with van der Waals surface area (Å²) < 4.78 is 11.7. The Balaban J connectivity index is 1.40. The van der Waals surface area contributed by atoms with Gasteiger partial charge in [-0.1, -0.05) is 18.2 Å². The molecule has 0 bridgehead atoms. The van der Waals surface area contributed by atoms with Crippen molar-refractivity contribution in [1.82, 2.24) is 4.90 Å². The van der Waals surface area contributed by atoms with Crippen LogP contribution in [0.2, 0.25) is 0 Å². The largest absolute Gasteiger partial charge is 0.497 e. The Morgan fingerprint density at radius 3 is 2.59 bits per heavy atom. The number of methoxy groups -OCH3 is 1. The van der Waals surface area contributed by atoms with Crippen LogP contribution >= 0.6 is 0 Å². The number of hydrogen-bond acceptors (Lipinski definition) is 5. The van der Waals surface area contributed by atoms with E-state index in [4.69, 9.17) is 9.47 Å². The van der Waals surface area contributed by atoms with Gasteiger partial charge in [-0.05, 0) is 55.5 Å². The Bertz CT molecular complexity index is 873. The molecule has 2 aromatic carbocycles. The third-order valence-corrected chi connectivity index (χ3v) is 6.59. The predicted octanol–water partition coefficient (Wildman–Crippen LogP) is 3.70. The van der Waals surface area contributed by atoms with Crippen molar-refractivity contribution >= 4 is 0 Å². The van der Waals surface area contributed by atoms with Crippen molar-refractivity contribution in [3.05, 3.63) is 58.7 Å². The highest BCUT2D eigenvalue weighted by Crippen LogP contribution is 2.45. The molecule has 2 atom stereocenters. The molecular weight excluding hydrogens is 366 g/mol. The molecule has 0 saturated carbocycles. The molecule has 29 heavy (non-hydrogen) atoms. The first-order chi connectivity index (χ1) is 13.9. The number of β-amino-alcohol motifs (C(OH)–C–C–N with tert-alkyl or cyclic N) is 1. The summed E-state index contributed by atoms with van der Waals surface area (Å²) in [7, 11) is 1.64. The number of fused-ring (bicyclic) bond motifs is 1. The van der Waals surface area contributed by atoms with Gasteiger partial charge in [0.15, 0.2) is 0 Å². The lowest BCUT2D eigenvalue weighted by atomic mass is 9.81. The first-order valence-electron chi connectivity index (χ1n) is 10.4. The number of aryl methyl sites for hydroxylation is 2. The highest BCUT2D eigenvalue weighted by molar-refractivity contribution is 5.44. The Kier molecular flexibility index (Phi) is 5.56. The number of piperidine rings is 1. The topological polar surface area (TPSA) is 62.2 Å². The van der Waals surface area contributed by atoms with E-state index in [1.807, 2.05) is 24.3 Å². The van der Waals surface area contributed by atoms with Gasteiger partial charge in [0.1, 0.15) is 17.1 Å². The molecule has 2 aromatic rings. The number of ether oxygens (including phenoxy) is 2. The summed E-state index contributed by atoms with van der Waals surface area (Å²) in [6.45, 7) is 6.46. The van der Waals surface area contributed by atoms with Crippen LogP contribution in [0.5, 0.6) is 11.5 Å². The van der Waals surface area contributed by atoms with Gasteiger partial charge in [0.25, 0.3) is 0 Å². The number of aliphatic hydroxyl groups is 2. The zero-order valence-corrected chi connectivity index (χ0v) is 17.5. The number of likely N-dealkylation sites (tertiary alicyclic amines) is 1. The molecule has 2 aliphatic rings. The summed E-state index contributed by atoms with van der Waals surface area (Å²) in [5.41, 5.74) is 3.91. The third kappa shape index (κ3) is 4.13. The van der Waals surface area contributed by atoms with E-state index in [0.717, 1.165) is 48.6 Å². The molecule has 0 amide bonds. The van der Waals surface area contributed by atoms with Crippen molar-refractivity contribution in [2.24, 2.45) is 0 Å². The van der Waals surface area contributed by atoms with Crippen LogP contribution < -0.4 is 9.47 Å². The molecule has 5 nitrogen and oxygen atoms in total. The average molecular weight is 398 g/mol. The third-order valence-electron chi connectivity index (χ3n) is 6.59. The van der Waals surface area contributed by atoms with Crippen LogP contribution in [0.3, 0.4) is 0 Å². The van der Waals surface area contributed by atoms with Crippen LogP contribution in [-0.2, 0) is 0 Å². The number of hydrogen-bond donors (Lipinski definition) is 2. The average Bonchev–Trinajstić information content (AvgIpc) is 2.71. The Morgan fingerprint density at radius 1 is 1.14 bits per heavy atom. The summed E-state index contributed by atoms with van der Waals surface area (Å²) >= 11 is 0. The second-order valence-electron chi connectivity index (χ2n) is 8.57. The van der Waals surface area contributed by atoms with Gasteiger partial charge in [-0.2, -0.15) is 0 Å². The van der Waals surface area contributed by atoms with Crippen LogP contribution in [0, 0.1) is 13.8 Å². The van der Waals surface area contributed by atoms with Crippen molar-refractivity contribution in [1.29, 1.82) is 0 Å². The Hall–Kier alpha value is -2.08. The number of rotatable bonds is 4. The zero-order chi connectivity index (χ0) is 20.6. The molecule has 1 saturated heterocycles. The summed E-state index contributed by atoms with van der Waals surface area (Å²) in [5.74, 6) is 1.47. The van der Waals surface area contributed by atoms with Crippen molar-refractivity contribution in [2.75, 3.05) is 26.7 Å². The van der Waals surface area contributed by atoms with Crippen molar-refractivity contribution in [2.45, 2.75) is 50.9 Å². The molecule has 4 rings (SSSR count). The summed E-state index contributed by atoms with van der Waals surface area (Å²) in [4.78, 5) is 2.29. The molecule has 5 heteroatoms. The van der Waals surface area contributed by atoms with E-state index in [0.29, 0.717) is 13.0 Å². The standard InChI is InChI=1S/C24H31NO4/c1-16-4-5-18(12-17(16)2)22(27)15-25-10-8-24(9-11-25)14-21(26)20-7-6-19(28-3)13-23(20)29-24/h4-7,12-13,21-22,26-27H,8-11,14-15H2,1-3H3/t21-,22-/m1/s1. The van der Waals surface area contributed by atoms with Gasteiger partial charge in [-0.15, -0.1) is 0 Å². The monoisotopic (exact) mass is 397 g/mol. The Labute approximate surface area is 172 Å². The van der Waals surface area contributed by atoms with E-state index >= 15 is 0 Å². The summed E-state index contributed by atoms with van der Waals surface area (Å²) in [6, 6.07) is 11.8. The fraction of sp³-hybridized carbons (Fsp3) is 0.500. The lowest BCUT2D eigenvalue weighted by molar-refractivity contribution is -0.0588. The van der Waals surface area contributed by atoms with Crippen LogP contribution in [-0.4, -0.2) is 47.5 Å². The molecule has 2 heterocycles. The molecule has 1 fully saturated rings. The Morgan fingerprint density at radius 2 is 1.90 bits per heavy atom. The number of aliphatic hydroxyl groups excluding tert-OH is 2. The molecule has 0 aliphatic carbocycles. The van der Waals surface area contributed by atoms with E-state index < -0.39 is 12.2 Å². The number of nitrogens with zero attached hydrogens (tertiary/aromatic N) is 1. The SMILES string of the molecule is COc1ccc2c(c1)OC1(CCN(C[C@@H](O)c3ccc(C)c(C)c3)CC1)C[C@H]2O. The van der Waals surface area contributed by atoms with Crippen LogP contribution in [0.1, 0.15) is 53.7 Å². The fourth-order valence-corrected chi connectivity index (χ4v) is 4.51. The maximum Gasteiger partial charge on any atom is 0.129 e. The first kappa shape index (κ1) is 20.2. The van der Waals surface area contributed by atoms with E-state index in [1.54, 1.807) is 7.11 Å². The number of benzene rings is 2. The molecular formula is C24H31NO4. The van der Waals surface area contributed by atoms with E-state index in [-0.39, 0.29) is 5.60 Å². The molecule has 2 N–H and O–H groups in total. The second kappa shape index (κ2) is 7.98. The van der Waals surface area contributed by atoms with Gasteiger partial charge < -0.3 is 24.6 Å². The minimum atomic E-state index is -0.516. The van der Waals surface area contributed by atoms with Crippen molar-refractivity contribution in [3.8, 4) is 11.5 Å². The van der Waals surface area contributed by atoms with Gasteiger partial charge in [0, 0.05) is 37.7 Å². The fourth-order valence-electron chi connectivity index (χ4n) is 4.51. The summed E-state index contributed by atoms with van der Waals surface area (Å²) in [6.07, 6.45) is 1.27. The molecule has 0 unspecified atom stereocenters. The van der Waals surface area contributed by atoms with Gasteiger partial charge in [0.05, 0.1) is 19.3 Å². The maximum absolute atomic E-state index is 10.7. The van der Waals surface area contributed by atoms with Gasteiger partial charge in [0.2, 0.25) is 0 Å². The minimum absolute atomic E-state index is 0.347. The lowest BCUT2D eigenvalue weighted by Crippen LogP contribution is -2.51. The van der Waals surface area contributed by atoms with E-state index in [2.05, 4.69) is 30.9 Å². The first-order valence-corrected chi connectivity index (χ1v) is 10.4. The van der Waals surface area contributed by atoms with Crippen LogP contribution in [0.15, 0.2) is 36.4 Å². The van der Waals surface area contributed by atoms with Crippen molar-refractivity contribution in [3.63, 3.8) is 0 Å². The van der Waals surface area contributed by atoms with Gasteiger partial charge >= 0.3 is 0 Å². The highest BCUT2D eigenvalue weighted by Gasteiger charge is 2.43. The quantitative estimate of drug-likeness (QED) is 0.824. The molecule has 0 radical (unpaired) electrons. The van der Waals surface area contributed by atoms with Crippen LogP contribution in [0.25, 0.3) is 0 Å². The molecule has 1 spiro atoms. The van der Waals surface area contributed by atoms with E-state index in [9.17, 15) is 10.2 Å². The second-order valence-corrected chi connectivity index (χ2v) is 8.57. The molecule has 156 valence electrons. The van der Waals surface area contributed by atoms with Crippen LogP contribution in [0.4, 0.5) is 0 Å². The normalized spacial score (nSPS) is 22.0. The zero-order valence-electron chi connectivity index (χ0n) is 17.5. The molecule has 2 aliphatic heterocycles. The van der Waals surface area contributed by atoms with Gasteiger partial charge in [-0.3, -0.25) is 0 Å². The van der Waals surface area contributed by atoms with E-state index in [1.165, 1.54) is 11.1 Å². The molecule has 0 aromatic heterocycles. The minimum Gasteiger partial charge on any atom is -0.497 e. The smallest absolute Gasteiger partial charge is 0.129 e. The highest BCUT2D eigenvalue weighted by atomic mass is 16.5. The maximum atomic E-state index is 10.7. The summed E-state index contributed by atoms with van der Waals surface area (Å²) in [5, 5.41) is 21.4. The van der Waals surface area contributed by atoms with Crippen molar-refractivity contribution < 1.29 is 19.7 Å². The predicted molar refractivity (Wildman–Crippen MR) is 112 cm³/mol. The lowest BCUT2D eigenvalue weighted by Gasteiger charge is -2.46.